The van der Waals surface area contributed by atoms with Gasteiger partial charge in [-0.3, -0.25) is 14.8 Å². The molecule has 0 fully saturated rings. The molecule has 1 heterocycles. The van der Waals surface area contributed by atoms with Crippen molar-refractivity contribution in [1.29, 1.82) is 0 Å². The number of benzene rings is 1. The first-order valence-corrected chi connectivity index (χ1v) is 7.75. The average molecular weight is 369 g/mol. The summed E-state index contributed by atoms with van der Waals surface area (Å²) in [5.41, 5.74) is 3.25. The first-order chi connectivity index (χ1) is 11.1. The minimum atomic E-state index is -0.115. The molecule has 5 nitrogen and oxygen atoms in total. The van der Waals surface area contributed by atoms with Crippen molar-refractivity contribution in [3.63, 3.8) is 0 Å². The number of amides is 1. The van der Waals surface area contributed by atoms with Crippen molar-refractivity contribution in [3.8, 4) is 0 Å². The van der Waals surface area contributed by atoms with Gasteiger partial charge in [0.1, 0.15) is 0 Å². The summed E-state index contributed by atoms with van der Waals surface area (Å²) in [7, 11) is 0. The van der Waals surface area contributed by atoms with E-state index in [-0.39, 0.29) is 22.4 Å². The topological polar surface area (TPSA) is 57.6 Å². The van der Waals surface area contributed by atoms with Crippen molar-refractivity contribution in [1.82, 2.24) is 4.98 Å². The average Bonchev–Trinajstić information content (AvgIpc) is 2.55. The molecule has 1 amide bonds. The van der Waals surface area contributed by atoms with Crippen LogP contribution < -0.4 is 10.2 Å². The molecule has 0 aliphatic carbocycles. The zero-order valence-corrected chi connectivity index (χ0v) is 15.1. The monoisotopic (exact) mass is 368 g/mol. The Bertz CT molecular complexity index is 685. The summed E-state index contributed by atoms with van der Waals surface area (Å²) in [4.78, 5) is 22.4. The SMILES string of the molecule is CCN(CC)c1ccc(N=Cc2ccccn2)c(NC(C)=O)c1.[Ni+2]. The van der Waals surface area contributed by atoms with Gasteiger partial charge in [0.25, 0.3) is 0 Å². The van der Waals surface area contributed by atoms with Crippen LogP contribution in [0.3, 0.4) is 0 Å². The number of hydrogen-bond donors (Lipinski definition) is 1. The summed E-state index contributed by atoms with van der Waals surface area (Å²) >= 11 is 0. The van der Waals surface area contributed by atoms with E-state index in [1.165, 1.54) is 6.92 Å². The molecule has 1 aromatic heterocycles. The molecule has 24 heavy (non-hydrogen) atoms. The number of nitrogens with zero attached hydrogens (tertiary/aromatic N) is 3. The van der Waals surface area contributed by atoms with Gasteiger partial charge in [0.15, 0.2) is 0 Å². The van der Waals surface area contributed by atoms with Crippen LogP contribution in [-0.2, 0) is 21.3 Å². The van der Waals surface area contributed by atoms with E-state index in [1.807, 2.05) is 36.4 Å². The van der Waals surface area contributed by atoms with E-state index >= 15 is 0 Å². The third-order valence-electron chi connectivity index (χ3n) is 3.44. The summed E-state index contributed by atoms with van der Waals surface area (Å²) in [5.74, 6) is -0.115. The van der Waals surface area contributed by atoms with Gasteiger partial charge >= 0.3 is 16.5 Å². The fraction of sp³-hybridized carbons (Fsp3) is 0.278. The standard InChI is InChI=1S/C18H22N4O.Ni/c1-4-22(5-2)16-9-10-17(18(12-16)21-14(3)23)20-13-15-8-6-7-11-19-15;/h6-13H,4-5H2,1-3H3,(H,21,23);/q;+2. The second-order valence-electron chi connectivity index (χ2n) is 5.07. The van der Waals surface area contributed by atoms with Crippen LogP contribution in [-0.4, -0.2) is 30.2 Å². The van der Waals surface area contributed by atoms with E-state index < -0.39 is 0 Å². The summed E-state index contributed by atoms with van der Waals surface area (Å²) < 4.78 is 0. The van der Waals surface area contributed by atoms with E-state index in [2.05, 4.69) is 34.0 Å². The first kappa shape index (κ1) is 19.8. The molecule has 0 radical (unpaired) electrons. The normalized spacial score (nSPS) is 10.3. The molecule has 0 atom stereocenters. The zero-order valence-electron chi connectivity index (χ0n) is 14.1. The third-order valence-corrected chi connectivity index (χ3v) is 3.44. The Hall–Kier alpha value is -2.20. The Balaban J connectivity index is 0.00000288. The molecule has 0 aliphatic heterocycles. The second kappa shape index (κ2) is 9.83. The molecule has 0 unspecified atom stereocenters. The quantitative estimate of drug-likeness (QED) is 0.625. The Labute approximate surface area is 153 Å². The van der Waals surface area contributed by atoms with Crippen LogP contribution in [0.1, 0.15) is 26.5 Å². The molecule has 6 heteroatoms. The van der Waals surface area contributed by atoms with Gasteiger partial charge in [-0.1, -0.05) is 6.07 Å². The van der Waals surface area contributed by atoms with Crippen LogP contribution in [0.25, 0.3) is 0 Å². The minimum Gasteiger partial charge on any atom is -0.372 e. The smallest absolute Gasteiger partial charge is 0.372 e. The predicted octanol–water partition coefficient (Wildman–Crippen LogP) is 3.63. The van der Waals surface area contributed by atoms with Gasteiger partial charge in [0.2, 0.25) is 5.91 Å². The van der Waals surface area contributed by atoms with Gasteiger partial charge in [-0.15, -0.1) is 0 Å². The maximum atomic E-state index is 11.5. The first-order valence-electron chi connectivity index (χ1n) is 7.75. The Morgan fingerprint density at radius 1 is 1.25 bits per heavy atom. The number of nitrogens with one attached hydrogen (secondary N) is 1. The molecule has 0 spiro atoms. The predicted molar refractivity (Wildman–Crippen MR) is 95.8 cm³/mol. The third kappa shape index (κ3) is 5.46. The molecule has 0 saturated heterocycles. The van der Waals surface area contributed by atoms with Gasteiger partial charge < -0.3 is 10.2 Å². The number of rotatable bonds is 6. The van der Waals surface area contributed by atoms with Crippen molar-refractivity contribution in [3.05, 3.63) is 48.3 Å². The van der Waals surface area contributed by atoms with Crippen molar-refractivity contribution in [2.45, 2.75) is 20.8 Å². The number of anilines is 2. The van der Waals surface area contributed by atoms with Gasteiger partial charge in [-0.25, -0.2) is 0 Å². The van der Waals surface area contributed by atoms with Crippen LogP contribution in [0, 0.1) is 0 Å². The molecule has 0 bridgehead atoms. The molecular weight excluding hydrogens is 347 g/mol. The van der Waals surface area contributed by atoms with E-state index in [0.717, 1.165) is 24.5 Å². The number of aromatic nitrogens is 1. The van der Waals surface area contributed by atoms with Crippen molar-refractivity contribution < 1.29 is 21.3 Å². The fourth-order valence-corrected chi connectivity index (χ4v) is 2.30. The molecule has 0 saturated carbocycles. The largest absolute Gasteiger partial charge is 2.00 e. The van der Waals surface area contributed by atoms with Crippen LogP contribution in [0.5, 0.6) is 0 Å². The molecular formula is C18H22N4NiO+2. The van der Waals surface area contributed by atoms with Gasteiger partial charge in [-0.05, 0) is 44.2 Å². The van der Waals surface area contributed by atoms with Gasteiger partial charge in [0.05, 0.1) is 23.3 Å². The Morgan fingerprint density at radius 2 is 2.00 bits per heavy atom. The number of aliphatic imine (C=N–C) groups is 1. The molecule has 2 rings (SSSR count). The molecule has 128 valence electrons. The van der Waals surface area contributed by atoms with E-state index in [4.69, 9.17) is 0 Å². The number of carbonyl (C=O) groups is 1. The van der Waals surface area contributed by atoms with E-state index in [0.29, 0.717) is 11.4 Å². The summed E-state index contributed by atoms with van der Waals surface area (Å²) in [5, 5.41) is 2.85. The van der Waals surface area contributed by atoms with Gasteiger partial charge in [0, 0.05) is 31.9 Å². The van der Waals surface area contributed by atoms with Crippen LogP contribution in [0.4, 0.5) is 17.1 Å². The van der Waals surface area contributed by atoms with E-state index in [1.54, 1.807) is 12.4 Å². The molecule has 0 aliphatic rings. The summed E-state index contributed by atoms with van der Waals surface area (Å²) in [6, 6.07) is 11.5. The van der Waals surface area contributed by atoms with Gasteiger partial charge in [-0.2, -0.15) is 0 Å². The molecule has 1 N–H and O–H groups in total. The number of carbonyl (C=O) groups excluding carboxylic acids is 1. The van der Waals surface area contributed by atoms with Crippen LogP contribution in [0.2, 0.25) is 0 Å². The fourth-order valence-electron chi connectivity index (χ4n) is 2.30. The van der Waals surface area contributed by atoms with Crippen molar-refractivity contribution in [2.24, 2.45) is 4.99 Å². The van der Waals surface area contributed by atoms with Crippen molar-refractivity contribution >= 4 is 29.2 Å². The number of hydrogen-bond acceptors (Lipinski definition) is 4. The maximum absolute atomic E-state index is 11.5. The summed E-state index contributed by atoms with van der Waals surface area (Å²) in [6.45, 7) is 7.53. The number of pyridine rings is 1. The van der Waals surface area contributed by atoms with Crippen molar-refractivity contribution in [2.75, 3.05) is 23.3 Å². The molecule has 2 aromatic rings. The van der Waals surface area contributed by atoms with Crippen LogP contribution in [0.15, 0.2) is 47.6 Å². The Kier molecular flexibility index (Phi) is 8.13. The van der Waals surface area contributed by atoms with Crippen LogP contribution >= 0.6 is 0 Å². The second-order valence-corrected chi connectivity index (χ2v) is 5.07. The Morgan fingerprint density at radius 3 is 2.58 bits per heavy atom. The summed E-state index contributed by atoms with van der Waals surface area (Å²) in [6.07, 6.45) is 3.41. The molecule has 1 aromatic carbocycles. The minimum absolute atomic E-state index is 0. The van der Waals surface area contributed by atoms with E-state index in [9.17, 15) is 4.79 Å². The maximum Gasteiger partial charge on any atom is 2.00 e. The zero-order chi connectivity index (χ0) is 16.7.